The van der Waals surface area contributed by atoms with E-state index in [0.717, 1.165) is 54.3 Å². The van der Waals surface area contributed by atoms with Gasteiger partial charge in [-0.25, -0.2) is 4.68 Å². The van der Waals surface area contributed by atoms with Gasteiger partial charge in [0.15, 0.2) is 0 Å². The zero-order chi connectivity index (χ0) is 18.1. The first kappa shape index (κ1) is 17.3. The van der Waals surface area contributed by atoms with Crippen molar-refractivity contribution in [1.29, 1.82) is 0 Å². The molecule has 0 spiro atoms. The molecule has 0 amide bonds. The second kappa shape index (κ2) is 7.22. The van der Waals surface area contributed by atoms with Crippen molar-refractivity contribution in [3.05, 3.63) is 58.1 Å². The lowest BCUT2D eigenvalue weighted by Gasteiger charge is -2.10. The van der Waals surface area contributed by atoms with Crippen molar-refractivity contribution in [3.63, 3.8) is 0 Å². The lowest BCUT2D eigenvalue weighted by molar-refractivity contribution is 0.415. The molecule has 0 radical (unpaired) electrons. The summed E-state index contributed by atoms with van der Waals surface area (Å²) in [6, 6.07) is 13.5. The molecule has 0 aliphatic carbocycles. The van der Waals surface area contributed by atoms with Crippen molar-refractivity contribution >= 4 is 29.0 Å². The van der Waals surface area contributed by atoms with Crippen LogP contribution in [-0.2, 0) is 6.42 Å². The number of hydrogen-bond acceptors (Lipinski definition) is 3. The van der Waals surface area contributed by atoms with E-state index in [1.165, 1.54) is 5.56 Å². The average Bonchev–Trinajstić information content (AvgIpc) is 2.83. The maximum absolute atomic E-state index is 6.46. The van der Waals surface area contributed by atoms with E-state index in [1.54, 1.807) is 13.2 Å². The van der Waals surface area contributed by atoms with Crippen LogP contribution in [0.3, 0.4) is 0 Å². The lowest BCUT2D eigenvalue weighted by atomic mass is 10.0. The highest BCUT2D eigenvalue weighted by Crippen LogP contribution is 2.36. The summed E-state index contributed by atoms with van der Waals surface area (Å²) in [5, 5.41) is 9.63. The first-order valence-corrected chi connectivity index (χ1v) is 9.38. The van der Waals surface area contributed by atoms with Crippen LogP contribution in [0, 0.1) is 0 Å². The van der Waals surface area contributed by atoms with E-state index >= 15 is 0 Å². The molecule has 0 bridgehead atoms. The molecule has 4 rings (SSSR count). The summed E-state index contributed by atoms with van der Waals surface area (Å²) in [4.78, 5) is 0. The first-order valence-electron chi connectivity index (χ1n) is 8.63. The minimum Gasteiger partial charge on any atom is -0.497 e. The number of benzene rings is 2. The molecule has 0 atom stereocenters. The Morgan fingerprint density at radius 3 is 2.81 bits per heavy atom. The number of halogens is 2. The number of ether oxygens (including phenoxy) is 1. The number of nitrogens with zero attached hydrogens (tertiary/aromatic N) is 2. The van der Waals surface area contributed by atoms with E-state index in [0.29, 0.717) is 10.0 Å². The summed E-state index contributed by atoms with van der Waals surface area (Å²) < 4.78 is 7.28. The molecule has 1 aliphatic heterocycles. The monoisotopic (exact) mass is 387 g/mol. The third-order valence-corrected chi connectivity index (χ3v) is 5.15. The van der Waals surface area contributed by atoms with E-state index < -0.39 is 0 Å². The quantitative estimate of drug-likeness (QED) is 0.635. The van der Waals surface area contributed by atoms with Gasteiger partial charge in [0.2, 0.25) is 0 Å². The van der Waals surface area contributed by atoms with E-state index in [1.807, 2.05) is 35.0 Å². The minimum atomic E-state index is 0.575. The maximum Gasteiger partial charge on any atom is 0.133 e. The van der Waals surface area contributed by atoms with Crippen molar-refractivity contribution in [2.24, 2.45) is 0 Å². The topological polar surface area (TPSA) is 39.1 Å². The van der Waals surface area contributed by atoms with E-state index in [-0.39, 0.29) is 0 Å². The Morgan fingerprint density at radius 2 is 2.00 bits per heavy atom. The van der Waals surface area contributed by atoms with Crippen LogP contribution in [0.4, 0.5) is 5.82 Å². The van der Waals surface area contributed by atoms with Crippen molar-refractivity contribution in [2.75, 3.05) is 19.0 Å². The predicted octanol–water partition coefficient (Wildman–Crippen LogP) is 5.60. The molecule has 26 heavy (non-hydrogen) atoms. The maximum atomic E-state index is 6.46. The molecule has 2 heterocycles. The van der Waals surface area contributed by atoms with Gasteiger partial charge >= 0.3 is 0 Å². The van der Waals surface area contributed by atoms with Gasteiger partial charge in [0.05, 0.1) is 23.5 Å². The Morgan fingerprint density at radius 1 is 1.12 bits per heavy atom. The molecule has 6 heteroatoms. The normalized spacial score (nSPS) is 13.7. The van der Waals surface area contributed by atoms with Crippen LogP contribution < -0.4 is 10.1 Å². The summed E-state index contributed by atoms with van der Waals surface area (Å²) in [7, 11) is 1.67. The molecule has 0 saturated carbocycles. The highest BCUT2D eigenvalue weighted by Gasteiger charge is 2.23. The van der Waals surface area contributed by atoms with Gasteiger partial charge in [-0.1, -0.05) is 35.3 Å². The second-order valence-electron chi connectivity index (χ2n) is 6.30. The molecule has 1 aliphatic rings. The molecular weight excluding hydrogens is 369 g/mol. The average molecular weight is 388 g/mol. The van der Waals surface area contributed by atoms with Gasteiger partial charge < -0.3 is 10.1 Å². The summed E-state index contributed by atoms with van der Waals surface area (Å²) in [5.41, 5.74) is 4.02. The number of methoxy groups -OCH3 is 1. The Hall–Kier alpha value is -2.17. The van der Waals surface area contributed by atoms with Gasteiger partial charge in [-0.05, 0) is 49.6 Å². The molecule has 3 aromatic rings. The highest BCUT2D eigenvalue weighted by molar-refractivity contribution is 6.35. The molecule has 4 nitrogen and oxygen atoms in total. The summed E-state index contributed by atoms with van der Waals surface area (Å²) in [6.45, 7) is 0.918. The zero-order valence-corrected chi connectivity index (χ0v) is 15.9. The van der Waals surface area contributed by atoms with Gasteiger partial charge in [-0.2, -0.15) is 5.10 Å². The fourth-order valence-electron chi connectivity index (χ4n) is 3.33. The van der Waals surface area contributed by atoms with Crippen LogP contribution >= 0.6 is 23.2 Å². The van der Waals surface area contributed by atoms with Crippen LogP contribution in [0.1, 0.15) is 18.4 Å². The zero-order valence-electron chi connectivity index (χ0n) is 14.4. The Balaban J connectivity index is 1.91. The second-order valence-corrected chi connectivity index (χ2v) is 7.14. The van der Waals surface area contributed by atoms with E-state index in [2.05, 4.69) is 11.4 Å². The third kappa shape index (κ3) is 3.15. The smallest absolute Gasteiger partial charge is 0.133 e. The molecule has 0 saturated heterocycles. The van der Waals surface area contributed by atoms with Crippen molar-refractivity contribution in [2.45, 2.75) is 19.3 Å². The number of nitrogens with one attached hydrogen (secondary N) is 1. The number of anilines is 1. The fourth-order valence-corrected chi connectivity index (χ4v) is 3.82. The van der Waals surface area contributed by atoms with Crippen LogP contribution in [0.25, 0.3) is 16.9 Å². The first-order chi connectivity index (χ1) is 12.7. The minimum absolute atomic E-state index is 0.575. The third-order valence-electron chi connectivity index (χ3n) is 4.61. The molecule has 2 aromatic carbocycles. The van der Waals surface area contributed by atoms with Crippen LogP contribution in [0.15, 0.2) is 42.5 Å². The highest BCUT2D eigenvalue weighted by atomic mass is 35.5. The van der Waals surface area contributed by atoms with Crippen molar-refractivity contribution in [1.82, 2.24) is 9.78 Å². The van der Waals surface area contributed by atoms with Gasteiger partial charge in [0.1, 0.15) is 11.6 Å². The lowest BCUT2D eigenvalue weighted by Crippen LogP contribution is -2.07. The van der Waals surface area contributed by atoms with Crippen LogP contribution in [-0.4, -0.2) is 23.4 Å². The number of fused-ring (bicyclic) bond motifs is 1. The van der Waals surface area contributed by atoms with E-state index in [4.69, 9.17) is 33.0 Å². The van der Waals surface area contributed by atoms with Crippen LogP contribution in [0.5, 0.6) is 5.75 Å². The number of hydrogen-bond donors (Lipinski definition) is 1. The largest absolute Gasteiger partial charge is 0.497 e. The van der Waals surface area contributed by atoms with Crippen molar-refractivity contribution in [3.8, 4) is 22.7 Å². The molecule has 134 valence electrons. The number of rotatable bonds is 3. The van der Waals surface area contributed by atoms with Gasteiger partial charge in [-0.3, -0.25) is 0 Å². The molecule has 1 N–H and O–H groups in total. The van der Waals surface area contributed by atoms with Gasteiger partial charge in [0.25, 0.3) is 0 Å². The summed E-state index contributed by atoms with van der Waals surface area (Å²) in [5.74, 6) is 1.82. The van der Waals surface area contributed by atoms with Gasteiger partial charge in [0, 0.05) is 22.7 Å². The van der Waals surface area contributed by atoms with Crippen LogP contribution in [0.2, 0.25) is 10.0 Å². The fraction of sp³-hybridized carbons (Fsp3) is 0.250. The molecule has 1 aromatic heterocycles. The standard InChI is InChI=1S/C20H19Cl2N3O/c1-26-15-6-4-5-13(11-15)19-16-7-2-3-10-23-20(16)25(24-19)18-9-8-14(21)12-17(18)22/h4-6,8-9,11-12,23H,2-3,7,10H2,1H3. The van der Waals surface area contributed by atoms with E-state index in [9.17, 15) is 0 Å². The summed E-state index contributed by atoms with van der Waals surface area (Å²) in [6.07, 6.45) is 3.22. The Labute approximate surface area is 162 Å². The molecule has 0 fully saturated rings. The Kier molecular flexibility index (Phi) is 4.79. The predicted molar refractivity (Wildman–Crippen MR) is 107 cm³/mol. The Bertz CT molecular complexity index is 952. The number of aromatic nitrogens is 2. The summed E-state index contributed by atoms with van der Waals surface area (Å²) >= 11 is 12.5. The SMILES string of the molecule is COc1cccc(-c2nn(-c3ccc(Cl)cc3Cl)c3c2CCCCN3)c1. The van der Waals surface area contributed by atoms with Gasteiger partial charge in [-0.15, -0.1) is 0 Å². The molecule has 0 unspecified atom stereocenters. The molecular formula is C20H19Cl2N3O. The van der Waals surface area contributed by atoms with Crippen molar-refractivity contribution < 1.29 is 4.74 Å².